The third-order valence-corrected chi connectivity index (χ3v) is 5.44. The molecule has 0 spiro atoms. The first-order valence-electron chi connectivity index (χ1n) is 9.38. The van der Waals surface area contributed by atoms with Crippen molar-refractivity contribution in [2.75, 3.05) is 21.0 Å². The van der Waals surface area contributed by atoms with E-state index in [9.17, 15) is 4.79 Å². The van der Waals surface area contributed by atoms with Gasteiger partial charge in [0.15, 0.2) is 0 Å². The van der Waals surface area contributed by atoms with Crippen molar-refractivity contribution in [3.8, 4) is 17.2 Å². The van der Waals surface area contributed by atoms with Crippen LogP contribution in [0, 0.1) is 0 Å². The molecule has 1 aliphatic heterocycles. The van der Waals surface area contributed by atoms with Crippen molar-refractivity contribution in [1.82, 2.24) is 4.90 Å². The fourth-order valence-corrected chi connectivity index (χ4v) is 3.99. The average Bonchev–Trinajstić information content (AvgIpc) is 2.74. The molecule has 0 saturated carbocycles. The van der Waals surface area contributed by atoms with Gasteiger partial charge < -0.3 is 18.6 Å². The second kappa shape index (κ2) is 7.97. The highest BCUT2D eigenvalue weighted by molar-refractivity contribution is 6.33. The molecule has 0 saturated heterocycles. The van der Waals surface area contributed by atoms with Gasteiger partial charge in [-0.05, 0) is 24.1 Å². The van der Waals surface area contributed by atoms with E-state index in [1.807, 2.05) is 31.2 Å². The molecular formula is C22H22ClNO5. The van der Waals surface area contributed by atoms with Gasteiger partial charge in [0.05, 0.1) is 24.8 Å². The normalized spacial score (nSPS) is 13.8. The lowest BCUT2D eigenvalue weighted by atomic mass is 10.0. The van der Waals surface area contributed by atoms with Crippen molar-refractivity contribution >= 4 is 22.6 Å². The summed E-state index contributed by atoms with van der Waals surface area (Å²) in [5.74, 6) is 2.05. The number of aryl methyl sites for hydroxylation is 1. The second-order valence-corrected chi connectivity index (χ2v) is 7.33. The standard InChI is InChI=1S/C22H22ClNO5/c1-4-13-7-20(25)29-21-16(13)9-18(23)22-17(21)11-24(12-28-22)10-14-5-6-15(26-2)8-19(14)27-3/h5-9H,4,10-12H2,1-3H3. The Bertz CT molecular complexity index is 1120. The molecule has 4 rings (SSSR count). The van der Waals surface area contributed by atoms with Crippen molar-refractivity contribution in [2.45, 2.75) is 26.4 Å². The second-order valence-electron chi connectivity index (χ2n) is 6.93. The molecule has 0 aliphatic carbocycles. The van der Waals surface area contributed by atoms with Gasteiger partial charge in [-0.1, -0.05) is 24.6 Å². The quantitative estimate of drug-likeness (QED) is 0.576. The van der Waals surface area contributed by atoms with Gasteiger partial charge in [-0.25, -0.2) is 4.79 Å². The molecule has 1 aliphatic rings. The number of rotatable bonds is 5. The van der Waals surface area contributed by atoms with Crippen molar-refractivity contribution in [3.63, 3.8) is 0 Å². The number of hydrogen-bond acceptors (Lipinski definition) is 6. The zero-order valence-corrected chi connectivity index (χ0v) is 17.3. The third kappa shape index (κ3) is 3.66. The molecule has 2 aromatic carbocycles. The van der Waals surface area contributed by atoms with E-state index in [0.29, 0.717) is 42.6 Å². The predicted octanol–water partition coefficient (Wildman–Crippen LogP) is 4.38. The molecular weight excluding hydrogens is 394 g/mol. The molecule has 152 valence electrons. The van der Waals surface area contributed by atoms with Crippen molar-refractivity contribution in [1.29, 1.82) is 0 Å². The number of halogens is 1. The summed E-state index contributed by atoms with van der Waals surface area (Å²) in [5, 5.41) is 1.38. The number of methoxy groups -OCH3 is 2. The monoisotopic (exact) mass is 415 g/mol. The van der Waals surface area contributed by atoms with Gasteiger partial charge in [-0.15, -0.1) is 0 Å². The maximum Gasteiger partial charge on any atom is 0.336 e. The first kappa shape index (κ1) is 19.6. The highest BCUT2D eigenvalue weighted by atomic mass is 35.5. The molecule has 1 aromatic heterocycles. The van der Waals surface area contributed by atoms with Crippen LogP contribution in [0.1, 0.15) is 23.6 Å². The van der Waals surface area contributed by atoms with Crippen molar-refractivity contribution < 1.29 is 18.6 Å². The summed E-state index contributed by atoms with van der Waals surface area (Å²) >= 11 is 6.48. The minimum absolute atomic E-state index is 0.366. The smallest absolute Gasteiger partial charge is 0.336 e. The Morgan fingerprint density at radius 2 is 1.97 bits per heavy atom. The lowest BCUT2D eigenvalue weighted by Crippen LogP contribution is -2.32. The summed E-state index contributed by atoms with van der Waals surface area (Å²) in [6.07, 6.45) is 0.713. The minimum atomic E-state index is -0.368. The van der Waals surface area contributed by atoms with Crippen molar-refractivity contribution in [2.24, 2.45) is 0 Å². The molecule has 0 radical (unpaired) electrons. The highest BCUT2D eigenvalue weighted by Crippen LogP contribution is 2.40. The summed E-state index contributed by atoms with van der Waals surface area (Å²) in [5.41, 5.74) is 2.88. The number of benzene rings is 2. The molecule has 29 heavy (non-hydrogen) atoms. The molecule has 2 heterocycles. The average molecular weight is 416 g/mol. The molecule has 0 N–H and O–H groups in total. The Balaban J connectivity index is 1.72. The van der Waals surface area contributed by atoms with Gasteiger partial charge in [0.2, 0.25) is 0 Å². The van der Waals surface area contributed by atoms with E-state index in [1.54, 1.807) is 14.2 Å². The van der Waals surface area contributed by atoms with Gasteiger partial charge in [-0.3, -0.25) is 4.90 Å². The van der Waals surface area contributed by atoms with E-state index in [1.165, 1.54) is 6.07 Å². The van der Waals surface area contributed by atoms with E-state index in [2.05, 4.69) is 4.90 Å². The maximum absolute atomic E-state index is 12.1. The van der Waals surface area contributed by atoms with Gasteiger partial charge in [0, 0.05) is 36.2 Å². The van der Waals surface area contributed by atoms with Gasteiger partial charge in [0.1, 0.15) is 29.6 Å². The first-order chi connectivity index (χ1) is 14.0. The summed E-state index contributed by atoms with van der Waals surface area (Å²) in [4.78, 5) is 14.2. The summed E-state index contributed by atoms with van der Waals surface area (Å²) in [7, 11) is 3.26. The van der Waals surface area contributed by atoms with Crippen LogP contribution in [0.5, 0.6) is 17.2 Å². The molecule has 6 nitrogen and oxygen atoms in total. The highest BCUT2D eigenvalue weighted by Gasteiger charge is 2.25. The molecule has 7 heteroatoms. The Kier molecular flexibility index (Phi) is 5.39. The van der Waals surface area contributed by atoms with Gasteiger partial charge >= 0.3 is 5.63 Å². The van der Waals surface area contributed by atoms with E-state index in [4.69, 9.17) is 30.2 Å². The van der Waals surface area contributed by atoms with E-state index in [-0.39, 0.29) is 5.63 Å². The first-order valence-corrected chi connectivity index (χ1v) is 9.76. The summed E-state index contributed by atoms with van der Waals surface area (Å²) in [6.45, 7) is 3.50. The molecule has 0 atom stereocenters. The van der Waals surface area contributed by atoms with Crippen LogP contribution in [0.2, 0.25) is 5.02 Å². The number of fused-ring (bicyclic) bond motifs is 3. The summed E-state index contributed by atoms with van der Waals surface area (Å²) < 4.78 is 22.3. The van der Waals surface area contributed by atoms with Crippen LogP contribution in [0.4, 0.5) is 0 Å². The predicted molar refractivity (Wildman–Crippen MR) is 111 cm³/mol. The van der Waals surface area contributed by atoms with Crippen LogP contribution in [0.15, 0.2) is 39.5 Å². The minimum Gasteiger partial charge on any atom is -0.497 e. The zero-order chi connectivity index (χ0) is 20.5. The number of ether oxygens (including phenoxy) is 3. The Labute approximate surface area is 173 Å². The van der Waals surface area contributed by atoms with Gasteiger partial charge in [0.25, 0.3) is 0 Å². The molecule has 0 bridgehead atoms. The Morgan fingerprint density at radius 1 is 1.14 bits per heavy atom. The number of hydrogen-bond donors (Lipinski definition) is 0. The van der Waals surface area contributed by atoms with E-state index >= 15 is 0 Å². The lowest BCUT2D eigenvalue weighted by molar-refractivity contribution is 0.0883. The fourth-order valence-electron chi connectivity index (χ4n) is 3.72. The maximum atomic E-state index is 12.1. The van der Waals surface area contributed by atoms with Crippen LogP contribution in [-0.4, -0.2) is 25.9 Å². The van der Waals surface area contributed by atoms with Crippen LogP contribution < -0.4 is 19.8 Å². The third-order valence-electron chi connectivity index (χ3n) is 5.16. The van der Waals surface area contributed by atoms with Crippen LogP contribution in [-0.2, 0) is 19.5 Å². The SMILES string of the molecule is CCc1cc(=O)oc2c3c(c(Cl)cc12)OCN(Cc1ccc(OC)cc1OC)C3. The zero-order valence-electron chi connectivity index (χ0n) is 16.6. The largest absolute Gasteiger partial charge is 0.497 e. The molecule has 0 unspecified atom stereocenters. The van der Waals surface area contributed by atoms with Gasteiger partial charge in [-0.2, -0.15) is 0 Å². The lowest BCUT2D eigenvalue weighted by Gasteiger charge is -2.30. The molecule has 0 fully saturated rings. The Hall–Kier alpha value is -2.70. The molecule has 3 aromatic rings. The molecule has 0 amide bonds. The number of nitrogens with zero attached hydrogens (tertiary/aromatic N) is 1. The van der Waals surface area contributed by atoms with Crippen LogP contribution in [0.25, 0.3) is 11.0 Å². The van der Waals surface area contributed by atoms with Crippen LogP contribution in [0.3, 0.4) is 0 Å². The van der Waals surface area contributed by atoms with Crippen LogP contribution >= 0.6 is 11.6 Å². The summed E-state index contributed by atoms with van der Waals surface area (Å²) in [6, 6.07) is 9.06. The van der Waals surface area contributed by atoms with Crippen molar-refractivity contribution in [3.05, 3.63) is 62.5 Å². The topological polar surface area (TPSA) is 61.1 Å². The van der Waals surface area contributed by atoms with E-state index in [0.717, 1.165) is 33.6 Å². The van der Waals surface area contributed by atoms with E-state index < -0.39 is 0 Å². The Morgan fingerprint density at radius 3 is 2.69 bits per heavy atom. The fraction of sp³-hybridized carbons (Fsp3) is 0.318.